The Morgan fingerprint density at radius 3 is 2.46 bits per heavy atom. The van der Waals surface area contributed by atoms with E-state index in [0.717, 1.165) is 42.4 Å². The molecule has 28 heavy (non-hydrogen) atoms. The minimum atomic E-state index is -4.50. The van der Waals surface area contributed by atoms with E-state index in [1.807, 2.05) is 29.2 Å². The Labute approximate surface area is 166 Å². The van der Waals surface area contributed by atoms with Crippen LogP contribution in [-0.4, -0.2) is 30.5 Å². The zero-order chi connectivity index (χ0) is 20.3. The van der Waals surface area contributed by atoms with E-state index >= 15 is 0 Å². The Hall–Kier alpha value is -2.25. The second-order valence-electron chi connectivity index (χ2n) is 6.72. The largest absolute Gasteiger partial charge is 0.497 e. The van der Waals surface area contributed by atoms with Gasteiger partial charge in [-0.25, -0.2) is 0 Å². The van der Waals surface area contributed by atoms with Crippen molar-refractivity contribution in [1.29, 1.82) is 0 Å². The molecule has 0 saturated heterocycles. The molecule has 1 N–H and O–H groups in total. The fourth-order valence-electron chi connectivity index (χ4n) is 2.89. The van der Waals surface area contributed by atoms with Crippen LogP contribution in [-0.2, 0) is 17.5 Å². The van der Waals surface area contributed by atoms with E-state index in [4.69, 9.17) is 16.3 Å². The molecule has 0 radical (unpaired) electrons. The summed E-state index contributed by atoms with van der Waals surface area (Å²) in [7, 11) is 1.59. The van der Waals surface area contributed by atoms with Crippen LogP contribution in [0.4, 0.5) is 18.9 Å². The van der Waals surface area contributed by atoms with Crippen molar-refractivity contribution < 1.29 is 22.7 Å². The van der Waals surface area contributed by atoms with E-state index in [0.29, 0.717) is 12.6 Å². The SMILES string of the molecule is COc1ccc(CN(CC(=O)Nc2cc(C(F)(F)F)ccc2Cl)C2CC2)cc1. The van der Waals surface area contributed by atoms with Crippen LogP contribution >= 0.6 is 11.6 Å². The second kappa shape index (κ2) is 8.41. The number of hydrogen-bond acceptors (Lipinski definition) is 3. The number of carbonyl (C=O) groups is 1. The molecule has 0 atom stereocenters. The number of benzene rings is 2. The maximum absolute atomic E-state index is 12.9. The number of anilines is 1. The number of nitrogens with one attached hydrogen (secondary N) is 1. The first-order valence-corrected chi connectivity index (χ1v) is 9.17. The highest BCUT2D eigenvalue weighted by Crippen LogP contribution is 2.34. The standard InChI is InChI=1S/C20H20ClF3N2O2/c1-28-16-7-2-13(3-8-16)11-26(15-5-6-15)12-19(27)25-18-10-14(20(22,23)24)4-9-17(18)21/h2-4,7-10,15H,5-6,11-12H2,1H3,(H,25,27). The van der Waals surface area contributed by atoms with Crippen LogP contribution in [0, 0.1) is 0 Å². The summed E-state index contributed by atoms with van der Waals surface area (Å²) in [5.41, 5.74) is 0.128. The average Bonchev–Trinajstić information content (AvgIpc) is 3.48. The van der Waals surface area contributed by atoms with Crippen molar-refractivity contribution in [1.82, 2.24) is 4.90 Å². The van der Waals surface area contributed by atoms with Crippen LogP contribution in [0.2, 0.25) is 5.02 Å². The second-order valence-corrected chi connectivity index (χ2v) is 7.13. The summed E-state index contributed by atoms with van der Waals surface area (Å²) in [6, 6.07) is 10.7. The summed E-state index contributed by atoms with van der Waals surface area (Å²) in [4.78, 5) is 14.5. The molecule has 2 aromatic carbocycles. The van der Waals surface area contributed by atoms with Crippen molar-refractivity contribution >= 4 is 23.2 Å². The first kappa shape index (κ1) is 20.5. The Bertz CT molecular complexity index is 836. The van der Waals surface area contributed by atoms with Crippen LogP contribution in [0.5, 0.6) is 5.75 Å². The third-order valence-corrected chi connectivity index (χ3v) is 4.85. The van der Waals surface area contributed by atoms with Gasteiger partial charge in [-0.1, -0.05) is 23.7 Å². The smallest absolute Gasteiger partial charge is 0.416 e. The van der Waals surface area contributed by atoms with Crippen molar-refractivity contribution in [3.8, 4) is 5.75 Å². The van der Waals surface area contributed by atoms with Gasteiger partial charge < -0.3 is 10.1 Å². The Morgan fingerprint density at radius 1 is 1.21 bits per heavy atom. The summed E-state index contributed by atoms with van der Waals surface area (Å²) < 4.78 is 43.8. The molecular formula is C20H20ClF3N2O2. The summed E-state index contributed by atoms with van der Waals surface area (Å²) in [5, 5.41) is 2.57. The molecule has 0 bridgehead atoms. The molecule has 1 aliphatic rings. The Kier molecular flexibility index (Phi) is 6.15. The third kappa shape index (κ3) is 5.39. The van der Waals surface area contributed by atoms with E-state index in [1.165, 1.54) is 0 Å². The van der Waals surface area contributed by atoms with Crippen molar-refractivity contribution in [3.63, 3.8) is 0 Å². The number of nitrogens with zero attached hydrogens (tertiary/aromatic N) is 1. The molecule has 4 nitrogen and oxygen atoms in total. The quantitative estimate of drug-likeness (QED) is 0.698. The molecule has 1 aliphatic carbocycles. The van der Waals surface area contributed by atoms with E-state index in [1.54, 1.807) is 7.11 Å². The minimum Gasteiger partial charge on any atom is -0.497 e. The highest BCUT2D eigenvalue weighted by Gasteiger charge is 2.32. The molecular weight excluding hydrogens is 393 g/mol. The fourth-order valence-corrected chi connectivity index (χ4v) is 3.06. The lowest BCUT2D eigenvalue weighted by Crippen LogP contribution is -2.34. The summed E-state index contributed by atoms with van der Waals surface area (Å²) in [5.74, 6) is 0.347. The van der Waals surface area contributed by atoms with Gasteiger partial charge in [0.15, 0.2) is 0 Å². The molecule has 150 valence electrons. The number of methoxy groups -OCH3 is 1. The van der Waals surface area contributed by atoms with Gasteiger partial charge in [-0.05, 0) is 48.7 Å². The lowest BCUT2D eigenvalue weighted by Gasteiger charge is -2.22. The van der Waals surface area contributed by atoms with Gasteiger partial charge in [0.25, 0.3) is 0 Å². The topological polar surface area (TPSA) is 41.6 Å². The number of rotatable bonds is 7. The molecule has 8 heteroatoms. The number of hydrogen-bond donors (Lipinski definition) is 1. The molecule has 0 unspecified atom stereocenters. The number of halogens is 4. The minimum absolute atomic E-state index is 0.0401. The maximum Gasteiger partial charge on any atom is 0.416 e. The molecule has 3 rings (SSSR count). The van der Waals surface area contributed by atoms with Gasteiger partial charge in [-0.2, -0.15) is 13.2 Å². The van der Waals surface area contributed by atoms with E-state index in [-0.39, 0.29) is 17.3 Å². The first-order valence-electron chi connectivity index (χ1n) is 8.80. The fraction of sp³-hybridized carbons (Fsp3) is 0.350. The third-order valence-electron chi connectivity index (χ3n) is 4.52. The number of carbonyl (C=O) groups excluding carboxylic acids is 1. The summed E-state index contributed by atoms with van der Waals surface area (Å²) in [6.45, 7) is 0.641. The Morgan fingerprint density at radius 2 is 1.89 bits per heavy atom. The van der Waals surface area contributed by atoms with Crippen molar-refractivity contribution in [2.24, 2.45) is 0 Å². The zero-order valence-electron chi connectivity index (χ0n) is 15.2. The van der Waals surface area contributed by atoms with Crippen molar-refractivity contribution in [2.75, 3.05) is 19.0 Å². The van der Waals surface area contributed by atoms with Crippen LogP contribution < -0.4 is 10.1 Å². The monoisotopic (exact) mass is 412 g/mol. The zero-order valence-corrected chi connectivity index (χ0v) is 16.0. The highest BCUT2D eigenvalue weighted by atomic mass is 35.5. The van der Waals surface area contributed by atoms with Crippen molar-refractivity contribution in [2.45, 2.75) is 31.6 Å². The molecule has 0 aliphatic heterocycles. The van der Waals surface area contributed by atoms with Crippen LogP contribution in [0.3, 0.4) is 0 Å². The van der Waals surface area contributed by atoms with E-state index in [9.17, 15) is 18.0 Å². The van der Waals surface area contributed by atoms with E-state index in [2.05, 4.69) is 5.32 Å². The van der Waals surface area contributed by atoms with E-state index < -0.39 is 17.6 Å². The lowest BCUT2D eigenvalue weighted by molar-refractivity contribution is -0.137. The van der Waals surface area contributed by atoms with Crippen molar-refractivity contribution in [3.05, 3.63) is 58.6 Å². The van der Waals surface area contributed by atoms with Gasteiger partial charge >= 0.3 is 6.18 Å². The summed E-state index contributed by atoms with van der Waals surface area (Å²) >= 11 is 5.95. The van der Waals surface area contributed by atoms with Gasteiger partial charge in [-0.15, -0.1) is 0 Å². The van der Waals surface area contributed by atoms with Gasteiger partial charge in [0.05, 0.1) is 29.9 Å². The number of amides is 1. The normalized spacial score (nSPS) is 14.2. The molecule has 0 heterocycles. The van der Waals surface area contributed by atoms with Gasteiger partial charge in [0, 0.05) is 12.6 Å². The van der Waals surface area contributed by atoms with Crippen LogP contribution in [0.1, 0.15) is 24.0 Å². The predicted molar refractivity (Wildman–Crippen MR) is 102 cm³/mol. The summed E-state index contributed by atoms with van der Waals surface area (Å²) in [6.07, 6.45) is -2.51. The van der Waals surface area contributed by atoms with Crippen LogP contribution in [0.25, 0.3) is 0 Å². The molecule has 1 amide bonds. The number of ether oxygens (including phenoxy) is 1. The maximum atomic E-state index is 12.9. The molecule has 1 saturated carbocycles. The highest BCUT2D eigenvalue weighted by molar-refractivity contribution is 6.33. The molecule has 2 aromatic rings. The first-order chi connectivity index (χ1) is 13.3. The predicted octanol–water partition coefficient (Wildman–Crippen LogP) is 4.97. The van der Waals surface area contributed by atoms with Gasteiger partial charge in [-0.3, -0.25) is 9.69 Å². The van der Waals surface area contributed by atoms with Gasteiger partial charge in [0.1, 0.15) is 5.75 Å². The molecule has 0 aromatic heterocycles. The number of alkyl halides is 3. The van der Waals surface area contributed by atoms with Crippen LogP contribution in [0.15, 0.2) is 42.5 Å². The molecule has 1 fully saturated rings. The lowest BCUT2D eigenvalue weighted by atomic mass is 10.2. The molecule has 0 spiro atoms. The average molecular weight is 413 g/mol. The Balaban J connectivity index is 1.66. The van der Waals surface area contributed by atoms with Gasteiger partial charge in [0.2, 0.25) is 5.91 Å².